The molecule has 1 aromatic rings. The van der Waals surface area contributed by atoms with Gasteiger partial charge in [-0.1, -0.05) is 25.4 Å². The van der Waals surface area contributed by atoms with Crippen molar-refractivity contribution in [3.05, 3.63) is 23.4 Å². The van der Waals surface area contributed by atoms with Crippen molar-refractivity contribution in [1.29, 1.82) is 0 Å². The maximum atomic E-state index is 12.4. The number of carbonyl (C=O) groups excluding carboxylic acids is 2. The van der Waals surface area contributed by atoms with E-state index in [-0.39, 0.29) is 23.7 Å². The van der Waals surface area contributed by atoms with Crippen molar-refractivity contribution in [3.8, 4) is 0 Å². The second-order valence-electron chi connectivity index (χ2n) is 5.76. The van der Waals surface area contributed by atoms with E-state index in [4.69, 9.17) is 11.6 Å². The van der Waals surface area contributed by atoms with Gasteiger partial charge in [0.1, 0.15) is 0 Å². The molecule has 0 aromatic carbocycles. The van der Waals surface area contributed by atoms with Crippen LogP contribution in [0, 0.1) is 11.8 Å². The molecule has 22 heavy (non-hydrogen) atoms. The molecule has 0 aliphatic carbocycles. The summed E-state index contributed by atoms with van der Waals surface area (Å²) in [6.45, 7) is 5.14. The highest BCUT2D eigenvalue weighted by atomic mass is 35.5. The second kappa shape index (κ2) is 7.58. The SMILES string of the molecule is CC[C@H](C)C(=O)N1CCC[C@@H](C(=O)Nc2ncccc2Cl)C1. The lowest BCUT2D eigenvalue weighted by atomic mass is 9.95. The van der Waals surface area contributed by atoms with Gasteiger partial charge < -0.3 is 10.2 Å². The Morgan fingerprint density at radius 1 is 1.55 bits per heavy atom. The number of hydrogen-bond acceptors (Lipinski definition) is 3. The highest BCUT2D eigenvalue weighted by Gasteiger charge is 2.30. The van der Waals surface area contributed by atoms with E-state index in [0.717, 1.165) is 25.8 Å². The van der Waals surface area contributed by atoms with Gasteiger partial charge in [0.25, 0.3) is 0 Å². The molecule has 1 aliphatic heterocycles. The normalized spacial score (nSPS) is 19.6. The molecule has 0 unspecified atom stereocenters. The standard InChI is InChI=1S/C16H22ClN3O2/c1-3-11(2)16(22)20-9-5-6-12(10-20)15(21)19-14-13(17)7-4-8-18-14/h4,7-8,11-12H,3,5-6,9-10H2,1-2H3,(H,18,19,21)/t11-,12+/m0/s1. The summed E-state index contributed by atoms with van der Waals surface area (Å²) in [7, 11) is 0. The van der Waals surface area contributed by atoms with Crippen LogP contribution in [0.15, 0.2) is 18.3 Å². The monoisotopic (exact) mass is 323 g/mol. The first-order chi connectivity index (χ1) is 10.5. The molecule has 0 spiro atoms. The number of anilines is 1. The van der Waals surface area contributed by atoms with Crippen LogP contribution >= 0.6 is 11.6 Å². The number of rotatable bonds is 4. The maximum absolute atomic E-state index is 12.4. The van der Waals surface area contributed by atoms with Gasteiger partial charge in [-0.3, -0.25) is 9.59 Å². The van der Waals surface area contributed by atoms with Gasteiger partial charge in [-0.15, -0.1) is 0 Å². The predicted octanol–water partition coefficient (Wildman–Crippen LogP) is 2.96. The lowest BCUT2D eigenvalue weighted by molar-refractivity contribution is -0.138. The molecule has 0 bridgehead atoms. The minimum Gasteiger partial charge on any atom is -0.342 e. The third-order valence-electron chi connectivity index (χ3n) is 4.14. The van der Waals surface area contributed by atoms with Crippen molar-refractivity contribution in [1.82, 2.24) is 9.88 Å². The van der Waals surface area contributed by atoms with Gasteiger partial charge in [-0.2, -0.15) is 0 Å². The molecule has 2 amide bonds. The van der Waals surface area contributed by atoms with Gasteiger partial charge in [-0.25, -0.2) is 4.98 Å². The molecule has 6 heteroatoms. The molecular formula is C16H22ClN3O2. The number of hydrogen-bond donors (Lipinski definition) is 1. The van der Waals surface area contributed by atoms with Crippen molar-refractivity contribution in [2.75, 3.05) is 18.4 Å². The summed E-state index contributed by atoms with van der Waals surface area (Å²) in [5.41, 5.74) is 0. The highest BCUT2D eigenvalue weighted by Crippen LogP contribution is 2.23. The first kappa shape index (κ1) is 16.7. The number of nitrogens with zero attached hydrogens (tertiary/aromatic N) is 2. The topological polar surface area (TPSA) is 62.3 Å². The number of aromatic nitrogens is 1. The van der Waals surface area contributed by atoms with Gasteiger partial charge in [0.2, 0.25) is 11.8 Å². The average molecular weight is 324 g/mol. The zero-order valence-electron chi connectivity index (χ0n) is 13.0. The maximum Gasteiger partial charge on any atom is 0.230 e. The average Bonchev–Trinajstić information content (AvgIpc) is 2.55. The first-order valence-electron chi connectivity index (χ1n) is 7.73. The Bertz CT molecular complexity index is 550. The summed E-state index contributed by atoms with van der Waals surface area (Å²) in [6.07, 6.45) is 4.02. The van der Waals surface area contributed by atoms with Crippen LogP contribution in [-0.2, 0) is 9.59 Å². The van der Waals surface area contributed by atoms with Crippen LogP contribution < -0.4 is 5.32 Å². The fourth-order valence-electron chi connectivity index (χ4n) is 2.57. The summed E-state index contributed by atoms with van der Waals surface area (Å²) in [5, 5.41) is 3.18. The molecular weight excluding hydrogens is 302 g/mol. The van der Waals surface area contributed by atoms with Gasteiger partial charge in [0.15, 0.2) is 5.82 Å². The minimum absolute atomic E-state index is 0.00652. The van der Waals surface area contributed by atoms with Gasteiger partial charge in [0.05, 0.1) is 10.9 Å². The smallest absolute Gasteiger partial charge is 0.230 e. The van der Waals surface area contributed by atoms with Crippen molar-refractivity contribution < 1.29 is 9.59 Å². The zero-order valence-corrected chi connectivity index (χ0v) is 13.8. The van der Waals surface area contributed by atoms with Crippen LogP contribution in [0.2, 0.25) is 5.02 Å². The third-order valence-corrected chi connectivity index (χ3v) is 4.44. The van der Waals surface area contributed by atoms with Crippen molar-refractivity contribution in [3.63, 3.8) is 0 Å². The van der Waals surface area contributed by atoms with Crippen LogP contribution in [0.1, 0.15) is 33.1 Å². The Hall–Kier alpha value is -1.62. The molecule has 2 atom stereocenters. The number of halogens is 1. The zero-order chi connectivity index (χ0) is 16.1. The Labute approximate surface area is 136 Å². The van der Waals surface area contributed by atoms with Crippen molar-refractivity contribution >= 4 is 29.2 Å². The van der Waals surface area contributed by atoms with Crippen molar-refractivity contribution in [2.45, 2.75) is 33.1 Å². The lowest BCUT2D eigenvalue weighted by Gasteiger charge is -2.33. The fourth-order valence-corrected chi connectivity index (χ4v) is 2.74. The van der Waals surface area contributed by atoms with E-state index in [1.165, 1.54) is 0 Å². The summed E-state index contributed by atoms with van der Waals surface area (Å²) in [6, 6.07) is 3.40. The Balaban J connectivity index is 1.98. The van der Waals surface area contributed by atoms with Crippen LogP contribution in [0.4, 0.5) is 5.82 Å². The molecule has 120 valence electrons. The van der Waals surface area contributed by atoms with Crippen LogP contribution in [0.5, 0.6) is 0 Å². The number of carbonyl (C=O) groups is 2. The number of pyridine rings is 1. The molecule has 1 aliphatic rings. The van der Waals surface area contributed by atoms with E-state index in [0.29, 0.717) is 17.4 Å². The molecule has 1 saturated heterocycles. The molecule has 2 heterocycles. The number of amides is 2. The van der Waals surface area contributed by atoms with Gasteiger partial charge >= 0.3 is 0 Å². The second-order valence-corrected chi connectivity index (χ2v) is 6.16. The number of likely N-dealkylation sites (tertiary alicyclic amines) is 1. The van der Waals surface area contributed by atoms with Crippen molar-refractivity contribution in [2.24, 2.45) is 11.8 Å². The fraction of sp³-hybridized carbons (Fsp3) is 0.562. The van der Waals surface area contributed by atoms with Crippen LogP contribution in [-0.4, -0.2) is 34.8 Å². The van der Waals surface area contributed by atoms with E-state index < -0.39 is 0 Å². The highest BCUT2D eigenvalue weighted by molar-refractivity contribution is 6.33. The molecule has 0 radical (unpaired) electrons. The Morgan fingerprint density at radius 3 is 3.00 bits per heavy atom. The molecule has 5 nitrogen and oxygen atoms in total. The summed E-state index contributed by atoms with van der Waals surface area (Å²) >= 11 is 6.00. The van der Waals surface area contributed by atoms with Crippen LogP contribution in [0.3, 0.4) is 0 Å². The molecule has 1 fully saturated rings. The summed E-state index contributed by atoms with van der Waals surface area (Å²) in [5.74, 6) is 0.185. The third kappa shape index (κ3) is 3.97. The van der Waals surface area contributed by atoms with E-state index in [2.05, 4.69) is 10.3 Å². The van der Waals surface area contributed by atoms with Gasteiger partial charge in [0, 0.05) is 25.2 Å². The largest absolute Gasteiger partial charge is 0.342 e. The minimum atomic E-state index is -0.208. The summed E-state index contributed by atoms with van der Waals surface area (Å²) < 4.78 is 0. The van der Waals surface area contributed by atoms with E-state index in [9.17, 15) is 9.59 Å². The Kier molecular flexibility index (Phi) is 5.77. The molecule has 1 N–H and O–H groups in total. The molecule has 2 rings (SSSR count). The molecule has 0 saturated carbocycles. The quantitative estimate of drug-likeness (QED) is 0.926. The van der Waals surface area contributed by atoms with E-state index in [1.807, 2.05) is 18.7 Å². The van der Waals surface area contributed by atoms with E-state index >= 15 is 0 Å². The lowest BCUT2D eigenvalue weighted by Crippen LogP contribution is -2.45. The first-order valence-corrected chi connectivity index (χ1v) is 8.10. The predicted molar refractivity (Wildman–Crippen MR) is 86.6 cm³/mol. The van der Waals surface area contributed by atoms with Gasteiger partial charge in [-0.05, 0) is 31.4 Å². The molecule has 1 aromatic heterocycles. The number of nitrogens with one attached hydrogen (secondary N) is 1. The van der Waals surface area contributed by atoms with E-state index in [1.54, 1.807) is 18.3 Å². The van der Waals surface area contributed by atoms with Crippen LogP contribution in [0.25, 0.3) is 0 Å². The number of piperidine rings is 1. The summed E-state index contributed by atoms with van der Waals surface area (Å²) in [4.78, 5) is 30.5. The Morgan fingerprint density at radius 2 is 2.32 bits per heavy atom.